The van der Waals surface area contributed by atoms with Crippen LogP contribution < -0.4 is 10.2 Å². The van der Waals surface area contributed by atoms with Gasteiger partial charge in [0.25, 0.3) is 5.91 Å². The summed E-state index contributed by atoms with van der Waals surface area (Å²) < 4.78 is 2.18. The second-order valence-electron chi connectivity index (χ2n) is 6.41. The van der Waals surface area contributed by atoms with E-state index in [9.17, 15) is 4.79 Å². The SMILES string of the molecule is Cn1cccc1[C@@H]1CCC[NH+]1CC(=O)NCCc1ccccc1. The minimum Gasteiger partial charge on any atom is -0.351 e. The number of nitrogens with zero attached hydrogens (tertiary/aromatic N) is 1. The maximum atomic E-state index is 12.3. The normalized spacial score (nSPS) is 20.6. The van der Waals surface area contributed by atoms with Gasteiger partial charge in [-0.3, -0.25) is 4.79 Å². The van der Waals surface area contributed by atoms with Crippen LogP contribution in [0.5, 0.6) is 0 Å². The average Bonchev–Trinajstić information content (AvgIpc) is 3.17. The quantitative estimate of drug-likeness (QED) is 0.824. The topological polar surface area (TPSA) is 38.5 Å². The fourth-order valence-electron chi connectivity index (χ4n) is 3.58. The van der Waals surface area contributed by atoms with Crippen molar-refractivity contribution in [3.05, 3.63) is 59.9 Å². The molecule has 1 aliphatic rings. The van der Waals surface area contributed by atoms with Gasteiger partial charge in [-0.25, -0.2) is 0 Å². The number of rotatable bonds is 6. The number of benzene rings is 1. The average molecular weight is 312 g/mol. The fourth-order valence-corrected chi connectivity index (χ4v) is 3.58. The van der Waals surface area contributed by atoms with Gasteiger partial charge in [-0.15, -0.1) is 0 Å². The van der Waals surface area contributed by atoms with Crippen LogP contribution in [0.2, 0.25) is 0 Å². The Kier molecular flexibility index (Phi) is 5.13. The minimum atomic E-state index is 0.164. The van der Waals surface area contributed by atoms with Gasteiger partial charge in [-0.05, 0) is 24.1 Å². The molecule has 0 saturated carbocycles. The van der Waals surface area contributed by atoms with Gasteiger partial charge in [-0.2, -0.15) is 0 Å². The minimum absolute atomic E-state index is 0.164. The Balaban J connectivity index is 1.48. The highest BCUT2D eigenvalue weighted by Gasteiger charge is 2.32. The summed E-state index contributed by atoms with van der Waals surface area (Å²) in [5.74, 6) is 0.164. The number of hydrogen-bond donors (Lipinski definition) is 2. The van der Waals surface area contributed by atoms with Crippen LogP contribution in [0.1, 0.15) is 30.1 Å². The second kappa shape index (κ2) is 7.47. The van der Waals surface area contributed by atoms with E-state index in [0.717, 1.165) is 13.0 Å². The van der Waals surface area contributed by atoms with E-state index in [0.29, 0.717) is 19.1 Å². The lowest BCUT2D eigenvalue weighted by molar-refractivity contribution is -0.911. The molecule has 122 valence electrons. The summed E-state index contributed by atoms with van der Waals surface area (Å²) in [4.78, 5) is 13.6. The molecule has 0 spiro atoms. The monoisotopic (exact) mass is 312 g/mol. The number of nitrogens with one attached hydrogen (secondary N) is 2. The Bertz CT molecular complexity index is 635. The molecule has 2 N–H and O–H groups in total. The second-order valence-corrected chi connectivity index (χ2v) is 6.41. The van der Waals surface area contributed by atoms with Gasteiger partial charge in [0.15, 0.2) is 6.54 Å². The molecule has 2 aromatic rings. The van der Waals surface area contributed by atoms with Crippen molar-refractivity contribution >= 4 is 5.91 Å². The van der Waals surface area contributed by atoms with Crippen LogP contribution in [-0.2, 0) is 18.3 Å². The van der Waals surface area contributed by atoms with Gasteiger partial charge in [-0.1, -0.05) is 30.3 Å². The summed E-state index contributed by atoms with van der Waals surface area (Å²) in [6, 6.07) is 15.0. The summed E-state index contributed by atoms with van der Waals surface area (Å²) in [5, 5.41) is 3.07. The first-order chi connectivity index (χ1) is 11.2. The highest BCUT2D eigenvalue weighted by molar-refractivity contribution is 5.76. The number of hydrogen-bond acceptors (Lipinski definition) is 1. The van der Waals surface area contributed by atoms with Crippen molar-refractivity contribution in [1.29, 1.82) is 0 Å². The van der Waals surface area contributed by atoms with Crippen molar-refractivity contribution in [2.75, 3.05) is 19.6 Å². The molecule has 1 aromatic carbocycles. The van der Waals surface area contributed by atoms with Crippen molar-refractivity contribution in [2.24, 2.45) is 7.05 Å². The Morgan fingerprint density at radius 3 is 2.83 bits per heavy atom. The molecule has 4 heteroatoms. The number of aromatic nitrogens is 1. The van der Waals surface area contributed by atoms with Gasteiger partial charge in [0.1, 0.15) is 6.04 Å². The zero-order valence-corrected chi connectivity index (χ0v) is 13.8. The lowest BCUT2D eigenvalue weighted by Gasteiger charge is -2.21. The first kappa shape index (κ1) is 15.8. The first-order valence-electron chi connectivity index (χ1n) is 8.50. The third kappa shape index (κ3) is 4.02. The molecule has 0 radical (unpaired) electrons. The number of amides is 1. The molecule has 1 aromatic heterocycles. The zero-order valence-electron chi connectivity index (χ0n) is 13.8. The highest BCUT2D eigenvalue weighted by atomic mass is 16.2. The van der Waals surface area contributed by atoms with Gasteiger partial charge >= 0.3 is 0 Å². The number of aryl methyl sites for hydroxylation is 1. The van der Waals surface area contributed by atoms with E-state index in [1.807, 2.05) is 18.2 Å². The summed E-state index contributed by atoms with van der Waals surface area (Å²) in [6.07, 6.45) is 5.35. The molecule has 1 amide bonds. The van der Waals surface area contributed by atoms with E-state index < -0.39 is 0 Å². The van der Waals surface area contributed by atoms with Crippen molar-refractivity contribution in [3.8, 4) is 0 Å². The van der Waals surface area contributed by atoms with Crippen LogP contribution in [0, 0.1) is 0 Å². The Hall–Kier alpha value is -2.07. The summed E-state index contributed by atoms with van der Waals surface area (Å²) >= 11 is 0. The third-order valence-corrected chi connectivity index (χ3v) is 4.79. The van der Waals surface area contributed by atoms with Gasteiger partial charge in [0.05, 0.1) is 12.2 Å². The molecular weight excluding hydrogens is 286 g/mol. The number of carbonyl (C=O) groups excluding carboxylic acids is 1. The van der Waals surface area contributed by atoms with E-state index >= 15 is 0 Å². The van der Waals surface area contributed by atoms with E-state index in [-0.39, 0.29) is 5.91 Å². The Labute approximate surface area is 138 Å². The molecule has 1 fully saturated rings. The van der Waals surface area contributed by atoms with Crippen molar-refractivity contribution in [1.82, 2.24) is 9.88 Å². The molecule has 2 atom stereocenters. The first-order valence-corrected chi connectivity index (χ1v) is 8.50. The molecule has 1 saturated heterocycles. The molecule has 1 aliphatic heterocycles. The zero-order chi connectivity index (χ0) is 16.1. The van der Waals surface area contributed by atoms with Gasteiger partial charge in [0.2, 0.25) is 0 Å². The molecule has 0 aliphatic carbocycles. The summed E-state index contributed by atoms with van der Waals surface area (Å²) in [7, 11) is 2.09. The van der Waals surface area contributed by atoms with Crippen molar-refractivity contribution in [2.45, 2.75) is 25.3 Å². The summed E-state index contributed by atoms with van der Waals surface area (Å²) in [6.45, 7) is 2.37. The molecule has 23 heavy (non-hydrogen) atoms. The van der Waals surface area contributed by atoms with Crippen LogP contribution in [0.4, 0.5) is 0 Å². The highest BCUT2D eigenvalue weighted by Crippen LogP contribution is 2.18. The van der Waals surface area contributed by atoms with Crippen molar-refractivity contribution in [3.63, 3.8) is 0 Å². The van der Waals surface area contributed by atoms with Crippen LogP contribution in [0.3, 0.4) is 0 Å². The maximum Gasteiger partial charge on any atom is 0.275 e. The van der Waals surface area contributed by atoms with Crippen LogP contribution in [0.15, 0.2) is 48.7 Å². The lowest BCUT2D eigenvalue weighted by Crippen LogP contribution is -3.11. The summed E-state index contributed by atoms with van der Waals surface area (Å²) in [5.41, 5.74) is 2.61. The number of likely N-dealkylation sites (tertiary alicyclic amines) is 1. The van der Waals surface area contributed by atoms with E-state index in [1.54, 1.807) is 0 Å². The fraction of sp³-hybridized carbons (Fsp3) is 0.421. The molecule has 2 heterocycles. The predicted octanol–water partition coefficient (Wildman–Crippen LogP) is 1.10. The van der Waals surface area contributed by atoms with Crippen LogP contribution >= 0.6 is 0 Å². The molecule has 3 rings (SSSR count). The smallest absolute Gasteiger partial charge is 0.275 e. The molecular formula is C19H26N3O+. The number of carbonyl (C=O) groups is 1. The largest absolute Gasteiger partial charge is 0.351 e. The van der Waals surface area contributed by atoms with E-state index in [4.69, 9.17) is 0 Å². The van der Waals surface area contributed by atoms with E-state index in [2.05, 4.69) is 47.4 Å². The standard InChI is InChI=1S/C19H25N3O/c1-21-13-5-9-17(21)18-10-6-14-22(18)15-19(23)20-12-11-16-7-3-2-4-8-16/h2-5,7-9,13,18H,6,10-12,14-15H2,1H3,(H,20,23)/p+1/t18-/m0/s1. The number of quaternary nitrogens is 1. The van der Waals surface area contributed by atoms with Gasteiger partial charge in [0, 0.05) is 32.6 Å². The Morgan fingerprint density at radius 2 is 2.09 bits per heavy atom. The molecule has 0 bridgehead atoms. The van der Waals surface area contributed by atoms with Gasteiger partial charge < -0.3 is 14.8 Å². The molecule has 4 nitrogen and oxygen atoms in total. The molecule has 1 unspecified atom stereocenters. The predicted molar refractivity (Wildman–Crippen MR) is 91.2 cm³/mol. The van der Waals surface area contributed by atoms with Crippen molar-refractivity contribution < 1.29 is 9.69 Å². The van der Waals surface area contributed by atoms with Crippen LogP contribution in [0.25, 0.3) is 0 Å². The van der Waals surface area contributed by atoms with E-state index in [1.165, 1.54) is 29.0 Å². The Morgan fingerprint density at radius 1 is 1.26 bits per heavy atom. The lowest BCUT2D eigenvalue weighted by atomic mass is 10.1. The van der Waals surface area contributed by atoms with Crippen LogP contribution in [-0.4, -0.2) is 30.1 Å². The maximum absolute atomic E-state index is 12.3. The third-order valence-electron chi connectivity index (χ3n) is 4.79.